The lowest BCUT2D eigenvalue weighted by Crippen LogP contribution is -2.47. The molecule has 1 aliphatic rings. The Kier molecular flexibility index (Phi) is 6.71. The number of carbonyl (C=O) groups is 2. The summed E-state index contributed by atoms with van der Waals surface area (Å²) < 4.78 is 29.5. The van der Waals surface area contributed by atoms with E-state index < -0.39 is 29.5 Å². The minimum atomic E-state index is -1.14. The predicted molar refractivity (Wildman–Crippen MR) is 131 cm³/mol. The van der Waals surface area contributed by atoms with Gasteiger partial charge in [0, 0.05) is 11.7 Å². The fourth-order valence-corrected chi connectivity index (χ4v) is 4.71. The minimum Gasteiger partial charge on any atom is -0.351 e. The number of hydrogen-bond acceptors (Lipinski definition) is 4. The van der Waals surface area contributed by atoms with Gasteiger partial charge in [-0.25, -0.2) is 13.5 Å². The van der Waals surface area contributed by atoms with Gasteiger partial charge in [-0.1, -0.05) is 48.4 Å². The third kappa shape index (κ3) is 4.95. The van der Waals surface area contributed by atoms with Crippen molar-refractivity contribution in [2.24, 2.45) is 0 Å². The molecular weight excluding hydrogens is 464 g/mol. The van der Waals surface area contributed by atoms with E-state index in [2.05, 4.69) is 15.6 Å². The summed E-state index contributed by atoms with van der Waals surface area (Å²) in [6.07, 6.45) is 3.72. The van der Waals surface area contributed by atoms with Gasteiger partial charge >= 0.3 is 0 Å². The lowest BCUT2D eigenvalue weighted by atomic mass is 10.0. The van der Waals surface area contributed by atoms with E-state index in [1.165, 1.54) is 52.0 Å². The van der Waals surface area contributed by atoms with Gasteiger partial charge in [0.15, 0.2) is 0 Å². The summed E-state index contributed by atoms with van der Waals surface area (Å²) in [4.78, 5) is 28.8. The number of benzene rings is 3. The van der Waals surface area contributed by atoms with Gasteiger partial charge < -0.3 is 5.32 Å². The zero-order valence-electron chi connectivity index (χ0n) is 19.5. The Morgan fingerprint density at radius 2 is 1.72 bits per heavy atom. The Morgan fingerprint density at radius 3 is 2.47 bits per heavy atom. The lowest BCUT2D eigenvalue weighted by molar-refractivity contribution is -0.127. The van der Waals surface area contributed by atoms with Crippen molar-refractivity contribution in [2.45, 2.75) is 44.3 Å². The first-order valence-corrected chi connectivity index (χ1v) is 11.9. The van der Waals surface area contributed by atoms with Gasteiger partial charge in [0.2, 0.25) is 11.8 Å². The quantitative estimate of drug-likeness (QED) is 0.413. The molecule has 0 radical (unpaired) electrons. The Bertz CT molecular complexity index is 1380. The Balaban J connectivity index is 1.57. The molecule has 0 saturated heterocycles. The van der Waals surface area contributed by atoms with Crippen LogP contribution in [0.5, 0.6) is 0 Å². The molecule has 3 aromatic carbocycles. The molecule has 4 aromatic rings. The zero-order valence-corrected chi connectivity index (χ0v) is 19.5. The number of para-hydroxylation sites is 1. The van der Waals surface area contributed by atoms with E-state index in [1.807, 2.05) is 12.1 Å². The third-order valence-electron chi connectivity index (χ3n) is 6.45. The van der Waals surface area contributed by atoms with Crippen LogP contribution in [-0.2, 0) is 16.1 Å². The highest BCUT2D eigenvalue weighted by molar-refractivity contribution is 6.01. The van der Waals surface area contributed by atoms with E-state index in [0.29, 0.717) is 16.6 Å². The summed E-state index contributed by atoms with van der Waals surface area (Å²) in [6, 6.07) is 17.0. The normalized spacial score (nSPS) is 14.6. The minimum absolute atomic E-state index is 0.0100. The molecule has 0 unspecified atom stereocenters. The van der Waals surface area contributed by atoms with Crippen molar-refractivity contribution in [1.29, 1.82) is 0 Å². The number of anilines is 1. The molecule has 1 N–H and O–H groups in total. The monoisotopic (exact) mass is 489 g/mol. The third-order valence-corrected chi connectivity index (χ3v) is 6.45. The Labute approximate surface area is 206 Å². The molecule has 7 nitrogen and oxygen atoms in total. The van der Waals surface area contributed by atoms with Crippen molar-refractivity contribution >= 4 is 28.5 Å². The smallest absolute Gasteiger partial charge is 0.249 e. The maximum absolute atomic E-state index is 14.3. The van der Waals surface area contributed by atoms with Crippen molar-refractivity contribution in [3.8, 4) is 0 Å². The number of halogens is 2. The fraction of sp³-hybridized carbons (Fsp3) is 0.259. The van der Waals surface area contributed by atoms with Gasteiger partial charge in [-0.05, 0) is 60.9 Å². The van der Waals surface area contributed by atoms with Gasteiger partial charge in [0.1, 0.15) is 29.7 Å². The number of nitrogens with one attached hydrogen (secondary N) is 1. The standard InChI is InChI=1S/C27H25F2N5O2/c28-19-14-12-18(13-15-19)26(27(36)30-21-7-1-2-8-21)34(22-9-5-6-20(29)16-22)25(35)17-33-24-11-4-3-10-23(24)31-32-33/h3-6,9-16,21,26H,1-2,7-8,17H2,(H,30,36)/t26-/m0/s1. The number of hydrogen-bond donors (Lipinski definition) is 1. The van der Waals surface area contributed by atoms with Gasteiger partial charge in [0.25, 0.3) is 0 Å². The Hall–Kier alpha value is -4.14. The molecule has 0 bridgehead atoms. The highest BCUT2D eigenvalue weighted by Crippen LogP contribution is 2.30. The van der Waals surface area contributed by atoms with Crippen LogP contribution in [-0.4, -0.2) is 32.9 Å². The SMILES string of the molecule is O=C(NC1CCCC1)[C@H](c1ccc(F)cc1)N(C(=O)Cn1nnc2ccccc21)c1cccc(F)c1. The van der Waals surface area contributed by atoms with Crippen LogP contribution in [0.15, 0.2) is 72.8 Å². The van der Waals surface area contributed by atoms with Gasteiger partial charge in [-0.15, -0.1) is 5.10 Å². The average Bonchev–Trinajstić information content (AvgIpc) is 3.53. The fourth-order valence-electron chi connectivity index (χ4n) is 4.71. The van der Waals surface area contributed by atoms with Crippen LogP contribution >= 0.6 is 0 Å². The van der Waals surface area contributed by atoms with Gasteiger partial charge in [0.05, 0.1) is 5.52 Å². The molecule has 184 valence electrons. The number of fused-ring (bicyclic) bond motifs is 1. The van der Waals surface area contributed by atoms with E-state index in [-0.39, 0.29) is 18.3 Å². The molecule has 1 fully saturated rings. The second-order valence-electron chi connectivity index (χ2n) is 8.92. The first-order chi connectivity index (χ1) is 17.5. The summed E-state index contributed by atoms with van der Waals surface area (Å²) in [5.41, 5.74) is 1.89. The first kappa shape index (κ1) is 23.6. The van der Waals surface area contributed by atoms with Crippen LogP contribution in [0.3, 0.4) is 0 Å². The summed E-state index contributed by atoms with van der Waals surface area (Å²) in [7, 11) is 0. The number of amides is 2. The molecule has 0 aliphatic heterocycles. The van der Waals surface area contributed by atoms with Crippen molar-refractivity contribution in [2.75, 3.05) is 4.90 Å². The van der Waals surface area contributed by atoms with Gasteiger partial charge in [-0.3, -0.25) is 14.5 Å². The summed E-state index contributed by atoms with van der Waals surface area (Å²) in [6.45, 7) is -0.231. The van der Waals surface area contributed by atoms with E-state index in [9.17, 15) is 18.4 Å². The van der Waals surface area contributed by atoms with E-state index in [0.717, 1.165) is 25.7 Å². The lowest BCUT2D eigenvalue weighted by Gasteiger charge is -2.32. The first-order valence-electron chi connectivity index (χ1n) is 11.9. The molecule has 1 saturated carbocycles. The van der Waals surface area contributed by atoms with Crippen LogP contribution in [0.2, 0.25) is 0 Å². The van der Waals surface area contributed by atoms with Crippen LogP contribution in [0.25, 0.3) is 11.0 Å². The van der Waals surface area contributed by atoms with E-state index in [4.69, 9.17) is 0 Å². The molecular formula is C27H25F2N5O2. The number of nitrogens with zero attached hydrogens (tertiary/aromatic N) is 4. The van der Waals surface area contributed by atoms with E-state index >= 15 is 0 Å². The predicted octanol–water partition coefficient (Wildman–Crippen LogP) is 4.54. The molecule has 9 heteroatoms. The summed E-state index contributed by atoms with van der Waals surface area (Å²) >= 11 is 0. The topological polar surface area (TPSA) is 80.1 Å². The van der Waals surface area contributed by atoms with Gasteiger partial charge in [-0.2, -0.15) is 0 Å². The number of carbonyl (C=O) groups excluding carboxylic acids is 2. The summed E-state index contributed by atoms with van der Waals surface area (Å²) in [5.74, 6) is -1.92. The maximum Gasteiger partial charge on any atom is 0.249 e. The average molecular weight is 490 g/mol. The van der Waals surface area contributed by atoms with Crippen LogP contribution in [0, 0.1) is 11.6 Å². The molecule has 1 aliphatic carbocycles. The van der Waals surface area contributed by atoms with Crippen molar-refractivity contribution in [3.05, 3.63) is 90.0 Å². The van der Waals surface area contributed by atoms with Crippen LogP contribution in [0.1, 0.15) is 37.3 Å². The molecule has 36 heavy (non-hydrogen) atoms. The molecule has 1 aromatic heterocycles. The highest BCUT2D eigenvalue weighted by Gasteiger charge is 2.35. The molecule has 1 atom stereocenters. The number of rotatable bonds is 7. The summed E-state index contributed by atoms with van der Waals surface area (Å²) in [5, 5.41) is 11.2. The van der Waals surface area contributed by atoms with Crippen LogP contribution in [0.4, 0.5) is 14.5 Å². The number of aromatic nitrogens is 3. The van der Waals surface area contributed by atoms with E-state index in [1.54, 1.807) is 18.2 Å². The molecule has 2 amide bonds. The highest BCUT2D eigenvalue weighted by atomic mass is 19.1. The van der Waals surface area contributed by atoms with Crippen molar-refractivity contribution in [3.63, 3.8) is 0 Å². The molecule has 1 heterocycles. The maximum atomic E-state index is 14.3. The zero-order chi connectivity index (χ0) is 25.1. The van der Waals surface area contributed by atoms with Crippen LogP contribution < -0.4 is 10.2 Å². The second-order valence-corrected chi connectivity index (χ2v) is 8.92. The molecule has 0 spiro atoms. The Morgan fingerprint density at radius 1 is 0.972 bits per heavy atom. The second kappa shape index (κ2) is 10.2. The molecule has 5 rings (SSSR count). The largest absolute Gasteiger partial charge is 0.351 e. The van der Waals surface area contributed by atoms with Crippen molar-refractivity contribution in [1.82, 2.24) is 20.3 Å². The van der Waals surface area contributed by atoms with Crippen molar-refractivity contribution < 1.29 is 18.4 Å².